The van der Waals surface area contributed by atoms with E-state index in [0.717, 1.165) is 0 Å². The number of benzene rings is 1. The van der Waals surface area contributed by atoms with Crippen LogP contribution in [0.4, 0.5) is 17.6 Å². The third-order valence-electron chi connectivity index (χ3n) is 5.00. The van der Waals surface area contributed by atoms with Crippen LogP contribution in [0.25, 0.3) is 11.0 Å². The highest BCUT2D eigenvalue weighted by atomic mass is 32.2. The van der Waals surface area contributed by atoms with Crippen LogP contribution in [0.3, 0.4) is 0 Å². The first-order valence-corrected chi connectivity index (χ1v) is 13.9. The molecule has 0 spiro atoms. The van der Waals surface area contributed by atoms with E-state index in [1.807, 2.05) is 0 Å². The number of hydrogen-bond donors (Lipinski definition) is 5. The molecule has 17 heteroatoms. The quantitative estimate of drug-likeness (QED) is 0.153. The lowest BCUT2D eigenvalue weighted by atomic mass is 10.0. The number of fused-ring (bicyclic) bond motifs is 1. The molecule has 1 aromatic carbocycles. The minimum atomic E-state index is -4.24. The molecule has 0 radical (unpaired) electrons. The first-order valence-electron chi connectivity index (χ1n) is 10.6. The third kappa shape index (κ3) is 8.45. The van der Waals surface area contributed by atoms with Crippen molar-refractivity contribution < 1.29 is 40.3 Å². The Labute approximate surface area is 210 Å². The SMILES string of the molecule is Cc1c(CC(=O)O)c(=O)oc2cc(Nc3nc(CCCS(=O)(=O)O)nc(NCCS(=O)(=O)O)n3)ccc12. The Morgan fingerprint density at radius 2 is 1.70 bits per heavy atom. The average molecular weight is 558 g/mol. The number of anilines is 3. The molecule has 37 heavy (non-hydrogen) atoms. The molecular formula is C20H23N5O10S2. The van der Waals surface area contributed by atoms with E-state index in [4.69, 9.17) is 18.6 Å². The molecule has 0 fully saturated rings. The van der Waals surface area contributed by atoms with Gasteiger partial charge in [-0.1, -0.05) is 0 Å². The topological polar surface area (TPSA) is 239 Å². The Balaban J connectivity index is 1.90. The van der Waals surface area contributed by atoms with E-state index < -0.39 is 49.8 Å². The predicted octanol–water partition coefficient (Wildman–Crippen LogP) is 0.777. The van der Waals surface area contributed by atoms with Gasteiger partial charge >= 0.3 is 11.6 Å². The van der Waals surface area contributed by atoms with Gasteiger partial charge in [0, 0.05) is 30.1 Å². The van der Waals surface area contributed by atoms with Gasteiger partial charge in [0.1, 0.15) is 11.4 Å². The number of carboxylic acid groups (broad SMARTS) is 1. The van der Waals surface area contributed by atoms with Crippen LogP contribution in [0.2, 0.25) is 0 Å². The molecule has 0 amide bonds. The molecule has 2 heterocycles. The number of aromatic nitrogens is 3. The van der Waals surface area contributed by atoms with Crippen LogP contribution in [0.15, 0.2) is 27.4 Å². The third-order valence-corrected chi connectivity index (χ3v) is 6.52. The summed E-state index contributed by atoms with van der Waals surface area (Å²) in [6.07, 6.45) is -0.462. The first-order chi connectivity index (χ1) is 17.2. The van der Waals surface area contributed by atoms with E-state index >= 15 is 0 Å². The summed E-state index contributed by atoms with van der Waals surface area (Å²) in [6.45, 7) is 1.38. The number of carboxylic acids is 1. The maximum absolute atomic E-state index is 12.3. The largest absolute Gasteiger partial charge is 0.481 e. The summed E-state index contributed by atoms with van der Waals surface area (Å²) in [5.41, 5.74) is 0.270. The minimum Gasteiger partial charge on any atom is -0.481 e. The van der Waals surface area contributed by atoms with Gasteiger partial charge in [0.05, 0.1) is 23.5 Å². The molecular weight excluding hydrogens is 534 g/mol. The zero-order valence-corrected chi connectivity index (χ0v) is 21.0. The van der Waals surface area contributed by atoms with Gasteiger partial charge < -0.3 is 20.2 Å². The van der Waals surface area contributed by atoms with Crippen molar-refractivity contribution in [3.05, 3.63) is 45.6 Å². The Bertz CT molecular complexity index is 1550. The smallest absolute Gasteiger partial charge is 0.340 e. The number of nitrogens with one attached hydrogen (secondary N) is 2. The fourth-order valence-electron chi connectivity index (χ4n) is 3.33. The summed E-state index contributed by atoms with van der Waals surface area (Å²) in [6, 6.07) is 4.69. The number of aliphatic carboxylic acids is 1. The molecule has 0 unspecified atom stereocenters. The van der Waals surface area contributed by atoms with Crippen molar-refractivity contribution in [1.29, 1.82) is 0 Å². The Hall–Kier alpha value is -3.67. The molecule has 200 valence electrons. The normalized spacial score (nSPS) is 12.0. The summed E-state index contributed by atoms with van der Waals surface area (Å²) in [5, 5.41) is 15.1. The average Bonchev–Trinajstić information content (AvgIpc) is 2.74. The number of hydrogen-bond acceptors (Lipinski definition) is 12. The second kappa shape index (κ2) is 11.2. The maximum atomic E-state index is 12.3. The van der Waals surface area contributed by atoms with Crippen molar-refractivity contribution in [2.45, 2.75) is 26.2 Å². The Morgan fingerprint density at radius 1 is 1.03 bits per heavy atom. The monoisotopic (exact) mass is 557 g/mol. The van der Waals surface area contributed by atoms with Gasteiger partial charge in [-0.25, -0.2) is 4.79 Å². The molecule has 0 aliphatic heterocycles. The summed E-state index contributed by atoms with van der Waals surface area (Å²) in [4.78, 5) is 35.7. The summed E-state index contributed by atoms with van der Waals surface area (Å²) < 4.78 is 67.1. The second-order valence-corrected chi connectivity index (χ2v) is 11.0. The van der Waals surface area contributed by atoms with Crippen LogP contribution in [-0.4, -0.2) is 70.0 Å². The van der Waals surface area contributed by atoms with Crippen LogP contribution < -0.4 is 16.3 Å². The van der Waals surface area contributed by atoms with Gasteiger partial charge in [-0.2, -0.15) is 31.8 Å². The number of carbonyl (C=O) groups is 1. The fraction of sp³-hybridized carbons (Fsp3) is 0.350. The van der Waals surface area contributed by atoms with Crippen LogP contribution in [-0.2, 0) is 37.9 Å². The molecule has 0 aliphatic carbocycles. The zero-order valence-electron chi connectivity index (χ0n) is 19.3. The molecule has 5 N–H and O–H groups in total. The van der Waals surface area contributed by atoms with E-state index in [2.05, 4.69) is 25.6 Å². The lowest BCUT2D eigenvalue weighted by Gasteiger charge is -2.11. The molecule has 3 aromatic rings. The fourth-order valence-corrected chi connectivity index (χ4v) is 4.20. The minimum absolute atomic E-state index is 0.00810. The van der Waals surface area contributed by atoms with Gasteiger partial charge in [0.15, 0.2) is 0 Å². The molecule has 0 saturated heterocycles. The zero-order chi connectivity index (χ0) is 27.4. The van der Waals surface area contributed by atoms with Crippen LogP contribution in [0.5, 0.6) is 0 Å². The summed E-state index contributed by atoms with van der Waals surface area (Å²) >= 11 is 0. The lowest BCUT2D eigenvalue weighted by molar-refractivity contribution is -0.136. The predicted molar refractivity (Wildman–Crippen MR) is 131 cm³/mol. The van der Waals surface area contributed by atoms with Crippen LogP contribution in [0, 0.1) is 6.92 Å². The summed E-state index contributed by atoms with van der Waals surface area (Å²) in [5.74, 6) is -2.28. The molecule has 0 saturated carbocycles. The van der Waals surface area contributed by atoms with E-state index in [9.17, 15) is 26.4 Å². The Morgan fingerprint density at radius 3 is 2.35 bits per heavy atom. The van der Waals surface area contributed by atoms with Gasteiger partial charge in [0.25, 0.3) is 20.2 Å². The number of rotatable bonds is 12. The highest BCUT2D eigenvalue weighted by molar-refractivity contribution is 7.86. The lowest BCUT2D eigenvalue weighted by Crippen LogP contribution is -2.17. The number of nitrogens with zero attached hydrogens (tertiary/aromatic N) is 3. The second-order valence-electron chi connectivity index (χ2n) is 7.90. The van der Waals surface area contributed by atoms with Crippen molar-refractivity contribution in [2.75, 3.05) is 28.7 Å². The molecule has 0 atom stereocenters. The highest BCUT2D eigenvalue weighted by Gasteiger charge is 2.16. The van der Waals surface area contributed by atoms with Crippen molar-refractivity contribution in [3.8, 4) is 0 Å². The standard InChI is InChI=1S/C20H23N5O10S2/c1-11-13-5-4-12(9-15(13)35-18(28)14(11)10-17(26)27)22-20-24-16(3-2-7-36(29,30)31)23-19(25-20)21-6-8-37(32,33)34/h4-5,9H,2-3,6-8,10H2,1H3,(H,26,27)(H,29,30,31)(H,32,33,34)(H2,21,22,23,24,25). The molecule has 15 nitrogen and oxygen atoms in total. The summed E-state index contributed by atoms with van der Waals surface area (Å²) in [7, 11) is -8.44. The van der Waals surface area contributed by atoms with Crippen molar-refractivity contribution in [2.24, 2.45) is 0 Å². The van der Waals surface area contributed by atoms with Crippen LogP contribution >= 0.6 is 0 Å². The van der Waals surface area contributed by atoms with Gasteiger partial charge in [-0.15, -0.1) is 0 Å². The van der Waals surface area contributed by atoms with E-state index in [1.54, 1.807) is 19.1 Å². The molecule has 0 bridgehead atoms. The van der Waals surface area contributed by atoms with Crippen molar-refractivity contribution in [3.63, 3.8) is 0 Å². The van der Waals surface area contributed by atoms with Gasteiger partial charge in [-0.3, -0.25) is 13.9 Å². The van der Waals surface area contributed by atoms with E-state index in [1.165, 1.54) is 6.07 Å². The molecule has 0 aliphatic rings. The van der Waals surface area contributed by atoms with Crippen molar-refractivity contribution >= 4 is 54.8 Å². The number of aryl methyl sites for hydroxylation is 2. The highest BCUT2D eigenvalue weighted by Crippen LogP contribution is 2.25. The first kappa shape index (κ1) is 27.9. The van der Waals surface area contributed by atoms with E-state index in [-0.39, 0.29) is 48.3 Å². The van der Waals surface area contributed by atoms with Crippen molar-refractivity contribution in [1.82, 2.24) is 15.0 Å². The van der Waals surface area contributed by atoms with E-state index in [0.29, 0.717) is 16.6 Å². The molecule has 3 rings (SSSR count). The van der Waals surface area contributed by atoms with Crippen LogP contribution in [0.1, 0.15) is 23.4 Å². The van der Waals surface area contributed by atoms with Gasteiger partial charge in [-0.05, 0) is 31.0 Å². The molecule has 2 aromatic heterocycles. The maximum Gasteiger partial charge on any atom is 0.340 e. The Kier molecular flexibility index (Phi) is 8.42. The van der Waals surface area contributed by atoms with Gasteiger partial charge in [0.2, 0.25) is 11.9 Å².